The van der Waals surface area contributed by atoms with E-state index in [-0.39, 0.29) is 45.6 Å². The second-order valence-electron chi connectivity index (χ2n) is 7.94. The van der Waals surface area contributed by atoms with E-state index in [1.165, 1.54) is 18.2 Å². The minimum atomic E-state index is -0.621. The van der Waals surface area contributed by atoms with Crippen molar-refractivity contribution in [3.05, 3.63) is 52.6 Å². The molecule has 1 aliphatic rings. The molecule has 3 rings (SSSR count). The van der Waals surface area contributed by atoms with Gasteiger partial charge in [-0.15, -0.1) is 0 Å². The van der Waals surface area contributed by atoms with Gasteiger partial charge in [-0.05, 0) is 44.4 Å². The summed E-state index contributed by atoms with van der Waals surface area (Å²) < 4.78 is 11.4. The number of phenols is 3. The fraction of sp³-hybridized carbons (Fsp3) is 0.346. The lowest BCUT2D eigenvalue weighted by molar-refractivity contribution is 0.0713. The standard InChI is InChI=1S/C26H30O7/c1-4-7-9-10-16-23(18(28)6-3)19(29)14-20(30)25(16)32-22-13-15(27)12-17-21(11-8-5-2)33-26(31)24(17)22/h6,11-14,27-30H,4-5,7-10H2,1-3H3/b18-6+,21-11+. The average Bonchev–Trinajstić information content (AvgIpc) is 3.09. The molecule has 0 radical (unpaired) electrons. The van der Waals surface area contributed by atoms with Gasteiger partial charge < -0.3 is 29.9 Å². The number of aliphatic hydroxyl groups excluding tert-OH is 1. The number of phenolic OH excluding ortho intramolecular Hbond substituents is 3. The third kappa shape index (κ3) is 4.92. The van der Waals surface area contributed by atoms with Crippen LogP contribution in [0.15, 0.2) is 30.4 Å². The Bertz CT molecular complexity index is 1110. The van der Waals surface area contributed by atoms with Crippen molar-refractivity contribution < 1.29 is 34.7 Å². The van der Waals surface area contributed by atoms with Crippen LogP contribution in [0.2, 0.25) is 0 Å². The van der Waals surface area contributed by atoms with E-state index in [4.69, 9.17) is 9.47 Å². The molecule has 0 fully saturated rings. The summed E-state index contributed by atoms with van der Waals surface area (Å²) in [6.07, 6.45) is 7.75. The fourth-order valence-corrected chi connectivity index (χ4v) is 3.85. The molecule has 0 unspecified atom stereocenters. The van der Waals surface area contributed by atoms with Crippen molar-refractivity contribution >= 4 is 17.5 Å². The smallest absolute Gasteiger partial charge is 0.348 e. The highest BCUT2D eigenvalue weighted by Crippen LogP contribution is 2.47. The number of rotatable bonds is 9. The summed E-state index contributed by atoms with van der Waals surface area (Å²) in [4.78, 5) is 12.6. The number of unbranched alkanes of at least 4 members (excludes halogenated alkanes) is 3. The van der Waals surface area contributed by atoms with Crippen molar-refractivity contribution in [3.8, 4) is 28.7 Å². The minimum absolute atomic E-state index is 0.00103. The number of carbonyl (C=O) groups excluding carboxylic acids is 1. The van der Waals surface area contributed by atoms with Crippen molar-refractivity contribution in [2.45, 2.75) is 59.3 Å². The number of cyclic esters (lactones) is 1. The van der Waals surface area contributed by atoms with Gasteiger partial charge in [-0.25, -0.2) is 4.79 Å². The predicted molar refractivity (Wildman–Crippen MR) is 126 cm³/mol. The molecular weight excluding hydrogens is 424 g/mol. The van der Waals surface area contributed by atoms with E-state index in [0.29, 0.717) is 29.7 Å². The van der Waals surface area contributed by atoms with Gasteiger partial charge in [0.25, 0.3) is 0 Å². The van der Waals surface area contributed by atoms with E-state index in [9.17, 15) is 25.2 Å². The van der Waals surface area contributed by atoms with E-state index in [0.717, 1.165) is 31.7 Å². The van der Waals surface area contributed by atoms with Gasteiger partial charge in [-0.1, -0.05) is 33.1 Å². The first-order valence-corrected chi connectivity index (χ1v) is 11.2. The van der Waals surface area contributed by atoms with Crippen LogP contribution in [0, 0.1) is 0 Å². The summed E-state index contributed by atoms with van der Waals surface area (Å²) in [5.41, 5.74) is 1.11. The largest absolute Gasteiger partial charge is 0.508 e. The molecule has 7 heteroatoms. The van der Waals surface area contributed by atoms with Crippen LogP contribution >= 0.6 is 0 Å². The molecule has 0 aliphatic carbocycles. The number of allylic oxidation sites excluding steroid dienone is 2. The van der Waals surface area contributed by atoms with Crippen LogP contribution in [-0.2, 0) is 11.2 Å². The average molecular weight is 455 g/mol. The Kier molecular flexibility index (Phi) is 7.53. The lowest BCUT2D eigenvalue weighted by atomic mass is 9.96. The zero-order valence-electron chi connectivity index (χ0n) is 19.1. The number of aromatic hydroxyl groups is 3. The fourth-order valence-electron chi connectivity index (χ4n) is 3.85. The number of fused-ring (bicyclic) bond motifs is 1. The summed E-state index contributed by atoms with van der Waals surface area (Å²) in [5.74, 6) is -1.19. The molecule has 0 spiro atoms. The molecule has 0 amide bonds. The van der Waals surface area contributed by atoms with Crippen LogP contribution < -0.4 is 4.74 Å². The minimum Gasteiger partial charge on any atom is -0.508 e. The van der Waals surface area contributed by atoms with Crippen LogP contribution in [0.5, 0.6) is 28.7 Å². The SMILES string of the molecule is C/C=C(/O)c1c(O)cc(O)c(Oc2cc(O)cc3c2C(=O)O/C3=C/CCC)c1CCCCC. The number of ether oxygens (including phenoxy) is 2. The maximum absolute atomic E-state index is 12.6. The van der Waals surface area contributed by atoms with E-state index in [1.54, 1.807) is 13.0 Å². The van der Waals surface area contributed by atoms with Gasteiger partial charge in [-0.3, -0.25) is 0 Å². The third-order valence-electron chi connectivity index (χ3n) is 5.49. The van der Waals surface area contributed by atoms with Crippen LogP contribution in [0.1, 0.15) is 79.9 Å². The molecule has 0 saturated carbocycles. The number of carbonyl (C=O) groups is 1. The predicted octanol–water partition coefficient (Wildman–Crippen LogP) is 6.56. The summed E-state index contributed by atoms with van der Waals surface area (Å²) in [7, 11) is 0. The maximum atomic E-state index is 12.6. The molecule has 4 N–H and O–H groups in total. The van der Waals surface area contributed by atoms with E-state index >= 15 is 0 Å². The number of benzene rings is 2. The molecule has 33 heavy (non-hydrogen) atoms. The highest BCUT2D eigenvalue weighted by molar-refractivity contribution is 6.05. The van der Waals surface area contributed by atoms with Gasteiger partial charge in [0.05, 0.1) is 5.56 Å². The van der Waals surface area contributed by atoms with Crippen molar-refractivity contribution in [1.29, 1.82) is 0 Å². The van der Waals surface area contributed by atoms with Gasteiger partial charge in [0.2, 0.25) is 0 Å². The number of aliphatic hydroxyl groups is 1. The topological polar surface area (TPSA) is 116 Å². The van der Waals surface area contributed by atoms with Crippen molar-refractivity contribution in [2.24, 2.45) is 0 Å². The van der Waals surface area contributed by atoms with Crippen molar-refractivity contribution in [1.82, 2.24) is 0 Å². The molecule has 0 saturated heterocycles. The molecule has 0 aromatic heterocycles. The molecule has 2 aromatic carbocycles. The first-order chi connectivity index (χ1) is 15.8. The zero-order chi connectivity index (χ0) is 24.1. The van der Waals surface area contributed by atoms with Crippen LogP contribution in [0.4, 0.5) is 0 Å². The lowest BCUT2D eigenvalue weighted by Crippen LogP contribution is -2.03. The molecule has 7 nitrogen and oxygen atoms in total. The van der Waals surface area contributed by atoms with E-state index in [2.05, 4.69) is 0 Å². The van der Waals surface area contributed by atoms with Gasteiger partial charge >= 0.3 is 5.97 Å². The first kappa shape index (κ1) is 24.0. The number of hydrogen-bond acceptors (Lipinski definition) is 7. The Morgan fingerprint density at radius 2 is 1.82 bits per heavy atom. The normalized spacial score (nSPS) is 14.5. The van der Waals surface area contributed by atoms with Gasteiger partial charge in [0, 0.05) is 23.3 Å². The summed E-state index contributed by atoms with van der Waals surface area (Å²) in [6, 6.07) is 3.80. The summed E-state index contributed by atoms with van der Waals surface area (Å²) in [5, 5.41) is 41.8. The van der Waals surface area contributed by atoms with Gasteiger partial charge in [0.15, 0.2) is 11.5 Å². The molecule has 2 aromatic rings. The van der Waals surface area contributed by atoms with Crippen LogP contribution in [-0.4, -0.2) is 26.4 Å². The lowest BCUT2D eigenvalue weighted by Gasteiger charge is -2.19. The van der Waals surface area contributed by atoms with Crippen molar-refractivity contribution in [2.75, 3.05) is 0 Å². The third-order valence-corrected chi connectivity index (χ3v) is 5.49. The maximum Gasteiger partial charge on any atom is 0.348 e. The Labute approximate surface area is 193 Å². The summed E-state index contributed by atoms with van der Waals surface area (Å²) >= 11 is 0. The Balaban J connectivity index is 2.17. The highest BCUT2D eigenvalue weighted by Gasteiger charge is 2.32. The molecular formula is C26H30O7. The van der Waals surface area contributed by atoms with Gasteiger partial charge in [-0.2, -0.15) is 0 Å². The molecule has 0 bridgehead atoms. The first-order valence-electron chi connectivity index (χ1n) is 11.2. The van der Waals surface area contributed by atoms with E-state index < -0.39 is 5.97 Å². The Hall–Kier alpha value is -3.61. The molecule has 0 atom stereocenters. The highest BCUT2D eigenvalue weighted by atomic mass is 16.5. The van der Waals surface area contributed by atoms with Gasteiger partial charge in [0.1, 0.15) is 34.3 Å². The quantitative estimate of drug-likeness (QED) is 0.193. The Morgan fingerprint density at radius 1 is 1.06 bits per heavy atom. The molecule has 1 heterocycles. The second kappa shape index (κ2) is 10.3. The van der Waals surface area contributed by atoms with Crippen molar-refractivity contribution in [3.63, 3.8) is 0 Å². The van der Waals surface area contributed by atoms with Crippen LogP contribution in [0.25, 0.3) is 11.5 Å². The monoisotopic (exact) mass is 454 g/mol. The number of esters is 1. The van der Waals surface area contributed by atoms with Crippen LogP contribution in [0.3, 0.4) is 0 Å². The number of hydrogen-bond donors (Lipinski definition) is 4. The Morgan fingerprint density at radius 3 is 2.48 bits per heavy atom. The molecule has 1 aliphatic heterocycles. The molecule has 176 valence electrons. The van der Waals surface area contributed by atoms with E-state index in [1.807, 2.05) is 13.8 Å². The zero-order valence-corrected chi connectivity index (χ0v) is 19.1. The summed E-state index contributed by atoms with van der Waals surface area (Å²) in [6.45, 7) is 5.67. The second-order valence-corrected chi connectivity index (χ2v) is 7.94.